The van der Waals surface area contributed by atoms with Crippen LogP contribution in [0.4, 0.5) is 0 Å². The van der Waals surface area contributed by atoms with E-state index < -0.39 is 10.0 Å². The molecule has 96 valence electrons. The third-order valence-electron chi connectivity index (χ3n) is 2.48. The molecule has 0 amide bonds. The van der Waals surface area contributed by atoms with Crippen molar-refractivity contribution in [2.45, 2.75) is 25.8 Å². The largest absolute Gasteiger partial charge is 0.330 e. The van der Waals surface area contributed by atoms with Crippen molar-refractivity contribution in [3.8, 4) is 0 Å². The molecule has 0 aromatic heterocycles. The highest BCUT2D eigenvalue weighted by atomic mass is 32.2. The minimum absolute atomic E-state index is 0.0965. The van der Waals surface area contributed by atoms with Crippen molar-refractivity contribution in [2.24, 2.45) is 5.73 Å². The number of hydrogen-bond acceptors (Lipinski definition) is 3. The van der Waals surface area contributed by atoms with E-state index in [2.05, 4.69) is 4.72 Å². The zero-order valence-corrected chi connectivity index (χ0v) is 10.9. The van der Waals surface area contributed by atoms with E-state index in [-0.39, 0.29) is 11.8 Å². The maximum Gasteiger partial charge on any atom is 0.212 e. The molecule has 1 aromatic carbocycles. The smallest absolute Gasteiger partial charge is 0.212 e. The molecule has 1 aromatic rings. The topological polar surface area (TPSA) is 72.2 Å². The summed E-state index contributed by atoms with van der Waals surface area (Å²) in [6.07, 6.45) is 1.19. The molecule has 17 heavy (non-hydrogen) atoms. The van der Waals surface area contributed by atoms with Crippen LogP contribution in [0.5, 0.6) is 0 Å². The minimum atomic E-state index is -3.21. The average molecular weight is 256 g/mol. The normalized spacial score (nSPS) is 13.5. The molecule has 0 saturated heterocycles. The van der Waals surface area contributed by atoms with E-state index in [1.54, 1.807) is 0 Å². The van der Waals surface area contributed by atoms with Gasteiger partial charge in [0, 0.05) is 6.04 Å². The van der Waals surface area contributed by atoms with E-state index in [1.807, 2.05) is 37.3 Å². The van der Waals surface area contributed by atoms with E-state index >= 15 is 0 Å². The van der Waals surface area contributed by atoms with Gasteiger partial charge in [-0.1, -0.05) is 30.3 Å². The number of sulfonamides is 1. The fraction of sp³-hybridized carbons (Fsp3) is 0.500. The second-order valence-electron chi connectivity index (χ2n) is 4.15. The number of aryl methyl sites for hydroxylation is 1. The van der Waals surface area contributed by atoms with Gasteiger partial charge in [0.25, 0.3) is 0 Å². The number of nitrogens with two attached hydrogens (primary N) is 1. The summed E-state index contributed by atoms with van der Waals surface area (Å²) in [5.74, 6) is 0.117. The molecule has 4 nitrogen and oxygen atoms in total. The van der Waals surface area contributed by atoms with Crippen LogP contribution < -0.4 is 10.5 Å². The Labute approximate surface area is 103 Å². The van der Waals surface area contributed by atoms with E-state index in [4.69, 9.17) is 5.73 Å². The maximum atomic E-state index is 11.7. The van der Waals surface area contributed by atoms with E-state index in [9.17, 15) is 8.42 Å². The molecule has 0 heterocycles. The van der Waals surface area contributed by atoms with Gasteiger partial charge in [0.05, 0.1) is 5.75 Å². The Bertz CT molecular complexity index is 417. The number of nitrogens with one attached hydrogen (secondary N) is 1. The van der Waals surface area contributed by atoms with Crippen molar-refractivity contribution >= 4 is 10.0 Å². The first kappa shape index (κ1) is 14.2. The first-order valence-electron chi connectivity index (χ1n) is 5.77. The summed E-state index contributed by atoms with van der Waals surface area (Å²) < 4.78 is 26.1. The third-order valence-corrected chi connectivity index (χ3v) is 3.99. The van der Waals surface area contributed by atoms with Crippen LogP contribution >= 0.6 is 0 Å². The van der Waals surface area contributed by atoms with Crippen molar-refractivity contribution in [1.82, 2.24) is 4.72 Å². The van der Waals surface area contributed by atoms with Crippen molar-refractivity contribution in [3.05, 3.63) is 35.9 Å². The molecule has 0 aliphatic carbocycles. The minimum Gasteiger partial charge on any atom is -0.330 e. The second kappa shape index (κ2) is 6.74. The molecule has 0 fully saturated rings. The van der Waals surface area contributed by atoms with Gasteiger partial charge in [-0.15, -0.1) is 0 Å². The first-order valence-corrected chi connectivity index (χ1v) is 7.43. The van der Waals surface area contributed by atoms with Crippen LogP contribution in [0.1, 0.15) is 18.9 Å². The summed E-state index contributed by atoms with van der Waals surface area (Å²) in [6.45, 7) is 2.31. The quantitative estimate of drug-likeness (QED) is 0.761. The van der Waals surface area contributed by atoms with Crippen LogP contribution in [0.15, 0.2) is 30.3 Å². The van der Waals surface area contributed by atoms with Gasteiger partial charge < -0.3 is 5.73 Å². The fourth-order valence-electron chi connectivity index (χ4n) is 1.57. The highest BCUT2D eigenvalue weighted by Gasteiger charge is 2.13. The molecule has 0 spiro atoms. The summed E-state index contributed by atoms with van der Waals surface area (Å²) >= 11 is 0. The maximum absolute atomic E-state index is 11.7. The molecular formula is C12H20N2O2S. The van der Waals surface area contributed by atoms with Crippen LogP contribution in [-0.4, -0.2) is 26.8 Å². The summed E-state index contributed by atoms with van der Waals surface area (Å²) in [7, 11) is -3.21. The van der Waals surface area contributed by atoms with Gasteiger partial charge >= 0.3 is 0 Å². The summed E-state index contributed by atoms with van der Waals surface area (Å²) in [5.41, 5.74) is 6.41. The van der Waals surface area contributed by atoms with Gasteiger partial charge in [0.15, 0.2) is 0 Å². The predicted octanol–water partition coefficient (Wildman–Crippen LogP) is 0.886. The predicted molar refractivity (Wildman–Crippen MR) is 70.2 cm³/mol. The highest BCUT2D eigenvalue weighted by molar-refractivity contribution is 7.89. The lowest BCUT2D eigenvalue weighted by atomic mass is 10.2. The molecule has 1 rings (SSSR count). The molecule has 3 N–H and O–H groups in total. The van der Waals surface area contributed by atoms with Gasteiger partial charge in [-0.05, 0) is 31.9 Å². The molecule has 1 atom stereocenters. The molecule has 0 bridgehead atoms. The molecule has 0 saturated carbocycles. The molecule has 0 aliphatic rings. The van der Waals surface area contributed by atoms with Crippen LogP contribution in [-0.2, 0) is 16.4 Å². The van der Waals surface area contributed by atoms with E-state index in [0.29, 0.717) is 19.4 Å². The number of rotatable bonds is 7. The van der Waals surface area contributed by atoms with Gasteiger partial charge in [-0.3, -0.25) is 0 Å². The number of benzene rings is 1. The Balaban J connectivity index is 2.45. The Hall–Kier alpha value is -0.910. The Morgan fingerprint density at radius 2 is 1.94 bits per heavy atom. The van der Waals surface area contributed by atoms with Crippen LogP contribution in [0, 0.1) is 0 Å². The monoisotopic (exact) mass is 256 g/mol. The summed E-state index contributed by atoms with van der Waals surface area (Å²) in [6, 6.07) is 9.50. The Morgan fingerprint density at radius 1 is 1.29 bits per heavy atom. The van der Waals surface area contributed by atoms with Gasteiger partial charge in [0.1, 0.15) is 0 Å². The zero-order chi connectivity index (χ0) is 12.7. The Kier molecular flexibility index (Phi) is 5.61. The van der Waals surface area contributed by atoms with Crippen LogP contribution in [0.3, 0.4) is 0 Å². The third kappa shape index (κ3) is 5.81. The van der Waals surface area contributed by atoms with Crippen molar-refractivity contribution in [1.29, 1.82) is 0 Å². The van der Waals surface area contributed by atoms with Crippen molar-refractivity contribution < 1.29 is 8.42 Å². The lowest BCUT2D eigenvalue weighted by Crippen LogP contribution is -2.36. The van der Waals surface area contributed by atoms with E-state index in [0.717, 1.165) is 5.56 Å². The van der Waals surface area contributed by atoms with Gasteiger partial charge in [-0.2, -0.15) is 0 Å². The van der Waals surface area contributed by atoms with E-state index in [1.165, 1.54) is 0 Å². The van der Waals surface area contributed by atoms with Crippen LogP contribution in [0.2, 0.25) is 0 Å². The summed E-state index contributed by atoms with van der Waals surface area (Å²) in [4.78, 5) is 0. The lowest BCUT2D eigenvalue weighted by Gasteiger charge is -2.13. The Morgan fingerprint density at radius 3 is 2.53 bits per heavy atom. The van der Waals surface area contributed by atoms with Crippen molar-refractivity contribution in [2.75, 3.05) is 12.3 Å². The standard InChI is InChI=1S/C12H20N2O2S/c1-11(7-9-13)14-17(15,16)10-8-12-5-3-2-4-6-12/h2-6,11,14H,7-10,13H2,1H3. The molecule has 0 radical (unpaired) electrons. The second-order valence-corrected chi connectivity index (χ2v) is 6.02. The average Bonchev–Trinajstić information content (AvgIpc) is 2.27. The zero-order valence-electron chi connectivity index (χ0n) is 10.1. The molecule has 0 aliphatic heterocycles. The fourth-order valence-corrected chi connectivity index (χ4v) is 2.92. The highest BCUT2D eigenvalue weighted by Crippen LogP contribution is 2.02. The lowest BCUT2D eigenvalue weighted by molar-refractivity contribution is 0.549. The molecule has 1 unspecified atom stereocenters. The molecule has 5 heteroatoms. The number of hydrogen-bond donors (Lipinski definition) is 2. The van der Waals surface area contributed by atoms with Crippen molar-refractivity contribution in [3.63, 3.8) is 0 Å². The molecular weight excluding hydrogens is 236 g/mol. The SMILES string of the molecule is CC(CCN)NS(=O)(=O)CCc1ccccc1. The van der Waals surface area contributed by atoms with Crippen LogP contribution in [0.25, 0.3) is 0 Å². The summed E-state index contributed by atoms with van der Waals surface area (Å²) in [5, 5.41) is 0. The van der Waals surface area contributed by atoms with Gasteiger partial charge in [-0.25, -0.2) is 13.1 Å². The first-order chi connectivity index (χ1) is 8.03. The van der Waals surface area contributed by atoms with Gasteiger partial charge in [0.2, 0.25) is 10.0 Å².